The van der Waals surface area contributed by atoms with Crippen molar-refractivity contribution in [1.82, 2.24) is 10.6 Å². The number of benzene rings is 1. The highest BCUT2D eigenvalue weighted by molar-refractivity contribution is 5.29. The number of fused-ring (bicyclic) bond motifs is 1. The molecular formula is C14H22N2. The summed E-state index contributed by atoms with van der Waals surface area (Å²) < 4.78 is 0. The van der Waals surface area contributed by atoms with Crippen molar-refractivity contribution in [2.75, 3.05) is 6.54 Å². The third kappa shape index (κ3) is 2.83. The van der Waals surface area contributed by atoms with Gasteiger partial charge in [0, 0.05) is 25.2 Å². The predicted octanol–water partition coefficient (Wildman–Crippen LogP) is 2.09. The normalized spacial score (nSPS) is 21.5. The van der Waals surface area contributed by atoms with Gasteiger partial charge in [-0.05, 0) is 30.9 Å². The van der Waals surface area contributed by atoms with Crippen molar-refractivity contribution >= 4 is 0 Å². The Balaban J connectivity index is 1.88. The number of hydrogen-bond donors (Lipinski definition) is 2. The average Bonchev–Trinajstić information content (AvgIpc) is 2.35. The molecule has 2 rings (SSSR count). The van der Waals surface area contributed by atoms with Gasteiger partial charge in [-0.3, -0.25) is 0 Å². The molecule has 2 N–H and O–H groups in total. The van der Waals surface area contributed by atoms with Crippen molar-refractivity contribution in [1.29, 1.82) is 0 Å². The maximum Gasteiger partial charge on any atom is 0.0236 e. The van der Waals surface area contributed by atoms with Crippen LogP contribution >= 0.6 is 0 Å². The van der Waals surface area contributed by atoms with Crippen molar-refractivity contribution in [3.05, 3.63) is 35.4 Å². The fourth-order valence-electron chi connectivity index (χ4n) is 2.15. The Labute approximate surface area is 98.4 Å². The lowest BCUT2D eigenvalue weighted by molar-refractivity contribution is 0.417. The van der Waals surface area contributed by atoms with E-state index in [-0.39, 0.29) is 0 Å². The molecule has 16 heavy (non-hydrogen) atoms. The molecule has 0 amide bonds. The summed E-state index contributed by atoms with van der Waals surface area (Å²) in [6, 6.07) is 9.96. The zero-order valence-electron chi connectivity index (χ0n) is 10.3. The molecule has 0 aliphatic carbocycles. The lowest BCUT2D eigenvalue weighted by Gasteiger charge is -2.27. The van der Waals surface area contributed by atoms with Crippen LogP contribution in [0.2, 0.25) is 0 Å². The second kappa shape index (κ2) is 5.46. The minimum Gasteiger partial charge on any atom is -0.313 e. The molecule has 0 saturated heterocycles. The van der Waals surface area contributed by atoms with Crippen LogP contribution in [0.4, 0.5) is 0 Å². The van der Waals surface area contributed by atoms with Gasteiger partial charge >= 0.3 is 0 Å². The van der Waals surface area contributed by atoms with Crippen molar-refractivity contribution in [3.63, 3.8) is 0 Å². The van der Waals surface area contributed by atoms with Crippen LogP contribution in [0, 0.1) is 0 Å². The van der Waals surface area contributed by atoms with Crippen LogP contribution in [0.25, 0.3) is 0 Å². The Morgan fingerprint density at radius 2 is 2.12 bits per heavy atom. The van der Waals surface area contributed by atoms with Crippen molar-refractivity contribution in [2.24, 2.45) is 0 Å². The van der Waals surface area contributed by atoms with Gasteiger partial charge in [-0.15, -0.1) is 0 Å². The lowest BCUT2D eigenvalue weighted by Crippen LogP contribution is -2.44. The van der Waals surface area contributed by atoms with Gasteiger partial charge in [-0.25, -0.2) is 0 Å². The summed E-state index contributed by atoms with van der Waals surface area (Å²) in [7, 11) is 0. The first-order valence-corrected chi connectivity index (χ1v) is 6.33. The van der Waals surface area contributed by atoms with E-state index < -0.39 is 0 Å². The second-order valence-corrected chi connectivity index (χ2v) is 4.77. The number of hydrogen-bond acceptors (Lipinski definition) is 2. The summed E-state index contributed by atoms with van der Waals surface area (Å²) in [5, 5.41) is 7.16. The summed E-state index contributed by atoms with van der Waals surface area (Å²) >= 11 is 0. The molecule has 2 unspecified atom stereocenters. The van der Waals surface area contributed by atoms with E-state index >= 15 is 0 Å². The Morgan fingerprint density at radius 1 is 1.38 bits per heavy atom. The minimum absolute atomic E-state index is 0.587. The Bertz CT molecular complexity index is 335. The first-order valence-electron chi connectivity index (χ1n) is 6.33. The molecule has 2 heteroatoms. The molecule has 0 fully saturated rings. The van der Waals surface area contributed by atoms with Crippen LogP contribution in [-0.2, 0) is 13.0 Å². The minimum atomic E-state index is 0.587. The summed E-state index contributed by atoms with van der Waals surface area (Å²) in [5.74, 6) is 0. The highest BCUT2D eigenvalue weighted by atomic mass is 15.0. The van der Waals surface area contributed by atoms with Gasteiger partial charge in [0.25, 0.3) is 0 Å². The van der Waals surface area contributed by atoms with E-state index in [1.807, 2.05) is 0 Å². The van der Waals surface area contributed by atoms with Gasteiger partial charge in [-0.2, -0.15) is 0 Å². The van der Waals surface area contributed by atoms with Gasteiger partial charge in [0.1, 0.15) is 0 Å². The zero-order chi connectivity index (χ0) is 11.4. The van der Waals surface area contributed by atoms with Gasteiger partial charge in [0.2, 0.25) is 0 Å². The Morgan fingerprint density at radius 3 is 2.88 bits per heavy atom. The fourth-order valence-corrected chi connectivity index (χ4v) is 2.15. The van der Waals surface area contributed by atoms with Crippen molar-refractivity contribution in [3.8, 4) is 0 Å². The highest BCUT2D eigenvalue weighted by Crippen LogP contribution is 2.15. The summed E-state index contributed by atoms with van der Waals surface area (Å²) in [4.78, 5) is 0. The summed E-state index contributed by atoms with van der Waals surface area (Å²) in [6.45, 7) is 6.56. The molecule has 1 heterocycles. The van der Waals surface area contributed by atoms with E-state index in [2.05, 4.69) is 48.7 Å². The van der Waals surface area contributed by atoms with Gasteiger partial charge in [-0.1, -0.05) is 31.2 Å². The molecule has 2 nitrogen and oxygen atoms in total. The molecule has 0 spiro atoms. The van der Waals surface area contributed by atoms with E-state index in [0.29, 0.717) is 12.1 Å². The van der Waals surface area contributed by atoms with E-state index in [0.717, 1.165) is 19.5 Å². The predicted molar refractivity (Wildman–Crippen MR) is 68.5 cm³/mol. The van der Waals surface area contributed by atoms with E-state index in [1.54, 1.807) is 0 Å². The molecule has 1 aromatic carbocycles. The van der Waals surface area contributed by atoms with Crippen molar-refractivity contribution in [2.45, 2.75) is 45.3 Å². The SMILES string of the molecule is CCC(C)NCC1Cc2ccccc2CN1. The molecule has 0 aromatic heterocycles. The standard InChI is InChI=1S/C14H22N2/c1-3-11(2)15-10-14-8-12-6-4-5-7-13(12)9-16-14/h4-7,11,14-16H,3,8-10H2,1-2H3. The summed E-state index contributed by atoms with van der Waals surface area (Å²) in [5.41, 5.74) is 2.97. The van der Waals surface area contributed by atoms with Crippen LogP contribution in [0.1, 0.15) is 31.4 Å². The van der Waals surface area contributed by atoms with Crippen molar-refractivity contribution < 1.29 is 0 Å². The zero-order valence-corrected chi connectivity index (χ0v) is 10.3. The van der Waals surface area contributed by atoms with Crippen LogP contribution in [-0.4, -0.2) is 18.6 Å². The lowest BCUT2D eigenvalue weighted by atomic mass is 9.96. The Hall–Kier alpha value is -0.860. The third-order valence-corrected chi connectivity index (χ3v) is 3.49. The molecule has 88 valence electrons. The van der Waals surface area contributed by atoms with Gasteiger partial charge < -0.3 is 10.6 Å². The number of rotatable bonds is 4. The average molecular weight is 218 g/mol. The fraction of sp³-hybridized carbons (Fsp3) is 0.571. The monoisotopic (exact) mass is 218 g/mol. The third-order valence-electron chi connectivity index (χ3n) is 3.49. The second-order valence-electron chi connectivity index (χ2n) is 4.77. The van der Waals surface area contributed by atoms with Gasteiger partial charge in [0.15, 0.2) is 0 Å². The van der Waals surface area contributed by atoms with Crippen LogP contribution in [0.5, 0.6) is 0 Å². The maximum absolute atomic E-state index is 3.59. The number of nitrogens with one attached hydrogen (secondary N) is 2. The highest BCUT2D eigenvalue weighted by Gasteiger charge is 2.17. The van der Waals surface area contributed by atoms with Crippen LogP contribution in [0.15, 0.2) is 24.3 Å². The quantitative estimate of drug-likeness (QED) is 0.808. The molecule has 1 aliphatic heterocycles. The molecule has 1 aromatic rings. The van der Waals surface area contributed by atoms with Crippen LogP contribution < -0.4 is 10.6 Å². The van der Waals surface area contributed by atoms with E-state index in [4.69, 9.17) is 0 Å². The first-order chi connectivity index (χ1) is 7.79. The molecule has 1 aliphatic rings. The molecule has 0 radical (unpaired) electrons. The molecule has 2 atom stereocenters. The maximum atomic E-state index is 3.59. The topological polar surface area (TPSA) is 24.1 Å². The Kier molecular flexibility index (Phi) is 3.97. The molecular weight excluding hydrogens is 196 g/mol. The smallest absolute Gasteiger partial charge is 0.0236 e. The first kappa shape index (κ1) is 11.6. The van der Waals surface area contributed by atoms with E-state index in [9.17, 15) is 0 Å². The summed E-state index contributed by atoms with van der Waals surface area (Å²) in [6.07, 6.45) is 2.35. The van der Waals surface area contributed by atoms with Gasteiger partial charge in [0.05, 0.1) is 0 Å². The molecule has 0 bridgehead atoms. The largest absolute Gasteiger partial charge is 0.313 e. The molecule has 0 saturated carbocycles. The van der Waals surface area contributed by atoms with Crippen LogP contribution in [0.3, 0.4) is 0 Å². The van der Waals surface area contributed by atoms with E-state index in [1.165, 1.54) is 17.5 Å².